The first kappa shape index (κ1) is 26.6. The van der Waals surface area contributed by atoms with Crippen LogP contribution < -0.4 is 0 Å². The molecule has 0 N–H and O–H groups in total. The summed E-state index contributed by atoms with van der Waals surface area (Å²) in [6, 6.07) is 0. The zero-order valence-electron chi connectivity index (χ0n) is 22.2. The Morgan fingerprint density at radius 2 is 1.79 bits per heavy atom. The fourth-order valence-electron chi connectivity index (χ4n) is 7.54. The summed E-state index contributed by atoms with van der Waals surface area (Å²) in [7, 11) is -1.96. The van der Waals surface area contributed by atoms with Gasteiger partial charge in [-0.1, -0.05) is 34.6 Å². The SMILES string of the molecule is CC(=O)[C@H]1CC[C@H]2[C@H](C)[C@@H]([C@@]3(COC=O)CC[C@H](O[Si](C)(C)C(C)(C)C)CC3=O)CC[C@]12C. The van der Waals surface area contributed by atoms with Crippen molar-refractivity contribution in [3.05, 3.63) is 0 Å². The van der Waals surface area contributed by atoms with Crippen molar-refractivity contribution in [1.29, 1.82) is 0 Å². The number of carbonyl (C=O) groups excluding carboxylic acids is 3. The second kappa shape index (κ2) is 9.22. The van der Waals surface area contributed by atoms with Crippen molar-refractivity contribution in [1.82, 2.24) is 0 Å². The minimum absolute atomic E-state index is 0.0279. The molecule has 3 saturated carbocycles. The molecule has 0 bridgehead atoms. The average Bonchev–Trinajstić information content (AvgIpc) is 3.05. The van der Waals surface area contributed by atoms with Crippen LogP contribution in [0.5, 0.6) is 0 Å². The van der Waals surface area contributed by atoms with E-state index in [-0.39, 0.29) is 40.8 Å². The van der Waals surface area contributed by atoms with Crippen LogP contribution in [0.2, 0.25) is 18.1 Å². The van der Waals surface area contributed by atoms with E-state index < -0.39 is 13.7 Å². The number of rotatable bonds is 7. The highest BCUT2D eigenvalue weighted by atomic mass is 28.4. The summed E-state index contributed by atoms with van der Waals surface area (Å²) in [6.45, 7) is 18.1. The van der Waals surface area contributed by atoms with Crippen LogP contribution in [0.4, 0.5) is 0 Å². The van der Waals surface area contributed by atoms with Gasteiger partial charge in [0.1, 0.15) is 18.2 Å². The molecule has 0 aromatic rings. The molecule has 0 radical (unpaired) electrons. The van der Waals surface area contributed by atoms with Gasteiger partial charge in [-0.05, 0) is 86.7 Å². The molecule has 6 heteroatoms. The Kier molecular flexibility index (Phi) is 7.43. The first-order chi connectivity index (χ1) is 15.2. The highest BCUT2D eigenvalue weighted by Gasteiger charge is 2.60. The van der Waals surface area contributed by atoms with Crippen LogP contribution in [0.15, 0.2) is 0 Å². The lowest BCUT2D eigenvalue weighted by Crippen LogP contribution is -2.55. The monoisotopic (exact) mass is 478 g/mol. The topological polar surface area (TPSA) is 69.7 Å². The standard InChI is InChI=1S/C27H46O5Si/c1-18-21-9-10-23(19(2)29)26(21,6)13-12-22(18)27(16-31-17-28)14-11-20(15-24(27)30)32-33(7,8)25(3,4)5/h17-18,20-23H,9-16H2,1-8H3/t18-,20-,21-,22-,23+,26-,27-/m0/s1. The molecule has 5 nitrogen and oxygen atoms in total. The summed E-state index contributed by atoms with van der Waals surface area (Å²) < 4.78 is 12.0. The molecule has 0 unspecified atom stereocenters. The molecular formula is C27H46O5Si. The Morgan fingerprint density at radius 3 is 2.33 bits per heavy atom. The van der Waals surface area contributed by atoms with Crippen molar-refractivity contribution in [3.8, 4) is 0 Å². The van der Waals surface area contributed by atoms with E-state index in [0.717, 1.165) is 32.1 Å². The van der Waals surface area contributed by atoms with Crippen LogP contribution in [0.3, 0.4) is 0 Å². The van der Waals surface area contributed by atoms with E-state index in [1.165, 1.54) is 0 Å². The van der Waals surface area contributed by atoms with Gasteiger partial charge in [-0.3, -0.25) is 14.4 Å². The molecule has 7 atom stereocenters. The van der Waals surface area contributed by atoms with Gasteiger partial charge in [0.25, 0.3) is 6.47 Å². The maximum atomic E-state index is 13.8. The Morgan fingerprint density at radius 1 is 1.12 bits per heavy atom. The predicted molar refractivity (Wildman–Crippen MR) is 132 cm³/mol. The van der Waals surface area contributed by atoms with Gasteiger partial charge in [-0.2, -0.15) is 0 Å². The van der Waals surface area contributed by atoms with Crippen molar-refractivity contribution in [3.63, 3.8) is 0 Å². The molecule has 188 valence electrons. The first-order valence-corrected chi connectivity index (χ1v) is 15.9. The number of ketones is 2. The normalized spacial score (nSPS) is 39.8. The number of Topliss-reactive ketones (excluding diaryl/α,β-unsaturated/α-hetero) is 2. The number of carbonyl (C=O) groups is 3. The van der Waals surface area contributed by atoms with E-state index in [1.54, 1.807) is 6.92 Å². The van der Waals surface area contributed by atoms with E-state index in [4.69, 9.17) is 9.16 Å². The van der Waals surface area contributed by atoms with Gasteiger partial charge in [-0.25, -0.2) is 0 Å². The molecule has 0 heterocycles. The zero-order chi connectivity index (χ0) is 24.8. The number of hydrogen-bond donors (Lipinski definition) is 0. The van der Waals surface area contributed by atoms with Gasteiger partial charge in [-0.15, -0.1) is 0 Å². The van der Waals surface area contributed by atoms with Crippen LogP contribution in [0.25, 0.3) is 0 Å². The molecule has 0 aromatic carbocycles. The highest BCUT2D eigenvalue weighted by molar-refractivity contribution is 6.74. The summed E-state index contributed by atoms with van der Waals surface area (Å²) >= 11 is 0. The van der Waals surface area contributed by atoms with Crippen LogP contribution in [0.1, 0.15) is 86.5 Å². The summed E-state index contributed by atoms with van der Waals surface area (Å²) in [6.07, 6.45) is 5.82. The van der Waals surface area contributed by atoms with Crippen molar-refractivity contribution in [2.75, 3.05) is 6.61 Å². The third kappa shape index (κ3) is 4.63. The molecule has 0 aromatic heterocycles. The van der Waals surface area contributed by atoms with Gasteiger partial charge >= 0.3 is 0 Å². The second-order valence-electron chi connectivity index (χ2n) is 13.1. The minimum Gasteiger partial charge on any atom is -0.467 e. The van der Waals surface area contributed by atoms with E-state index >= 15 is 0 Å². The lowest BCUT2D eigenvalue weighted by molar-refractivity contribution is -0.157. The molecule has 0 saturated heterocycles. The lowest BCUT2D eigenvalue weighted by Gasteiger charge is -2.54. The molecular weight excluding hydrogens is 432 g/mol. The van der Waals surface area contributed by atoms with Crippen LogP contribution >= 0.6 is 0 Å². The van der Waals surface area contributed by atoms with Crippen molar-refractivity contribution in [2.24, 2.45) is 34.5 Å². The summed E-state index contributed by atoms with van der Waals surface area (Å²) in [5, 5.41) is 0.100. The number of ether oxygens (including phenoxy) is 1. The third-order valence-electron chi connectivity index (χ3n) is 10.4. The maximum Gasteiger partial charge on any atom is 0.293 e. The fourth-order valence-corrected chi connectivity index (χ4v) is 8.93. The van der Waals surface area contributed by atoms with E-state index in [1.807, 2.05) is 0 Å². The lowest BCUT2D eigenvalue weighted by atomic mass is 9.50. The third-order valence-corrected chi connectivity index (χ3v) is 15.0. The van der Waals surface area contributed by atoms with Crippen molar-refractivity contribution >= 4 is 26.4 Å². The van der Waals surface area contributed by atoms with Crippen LogP contribution in [0, 0.1) is 34.5 Å². The van der Waals surface area contributed by atoms with E-state index in [0.29, 0.717) is 36.9 Å². The molecule has 0 spiro atoms. The second-order valence-corrected chi connectivity index (χ2v) is 17.8. The maximum absolute atomic E-state index is 13.8. The molecule has 0 amide bonds. The number of fused-ring (bicyclic) bond motifs is 1. The molecule has 3 rings (SSSR count). The summed E-state index contributed by atoms with van der Waals surface area (Å²) in [5.41, 5.74) is -0.594. The predicted octanol–water partition coefficient (Wildman–Crippen LogP) is 5.96. The summed E-state index contributed by atoms with van der Waals surface area (Å²) in [4.78, 5) is 37.4. The van der Waals surface area contributed by atoms with Crippen LogP contribution in [-0.2, 0) is 23.5 Å². The van der Waals surface area contributed by atoms with Gasteiger partial charge < -0.3 is 9.16 Å². The van der Waals surface area contributed by atoms with Crippen molar-refractivity contribution < 1.29 is 23.5 Å². The zero-order valence-corrected chi connectivity index (χ0v) is 23.2. The van der Waals surface area contributed by atoms with Gasteiger partial charge in [0.2, 0.25) is 0 Å². The fraction of sp³-hybridized carbons (Fsp3) is 0.889. The van der Waals surface area contributed by atoms with E-state index in [9.17, 15) is 14.4 Å². The quantitative estimate of drug-likeness (QED) is 0.334. The van der Waals surface area contributed by atoms with Gasteiger partial charge in [0.05, 0.1) is 11.5 Å². The first-order valence-electron chi connectivity index (χ1n) is 13.0. The average molecular weight is 479 g/mol. The van der Waals surface area contributed by atoms with E-state index in [2.05, 4.69) is 47.7 Å². The van der Waals surface area contributed by atoms with Gasteiger partial charge in [0, 0.05) is 12.3 Å². The van der Waals surface area contributed by atoms with Crippen LogP contribution in [-0.4, -0.2) is 39.1 Å². The molecule has 0 aliphatic heterocycles. The molecule has 33 heavy (non-hydrogen) atoms. The largest absolute Gasteiger partial charge is 0.467 e. The molecule has 3 fully saturated rings. The van der Waals surface area contributed by atoms with Crippen molar-refractivity contribution in [2.45, 2.75) is 111 Å². The Labute approximate surface area is 201 Å². The molecule has 3 aliphatic carbocycles. The molecule has 3 aliphatic rings. The Bertz CT molecular complexity index is 771. The minimum atomic E-state index is -1.96. The summed E-state index contributed by atoms with van der Waals surface area (Å²) in [5.74, 6) is 1.60. The Hall–Kier alpha value is -1.01. The van der Waals surface area contributed by atoms with Gasteiger partial charge in [0.15, 0.2) is 8.32 Å². The number of hydrogen-bond acceptors (Lipinski definition) is 5. The highest BCUT2D eigenvalue weighted by Crippen LogP contribution is 2.62. The Balaban J connectivity index is 1.82. The smallest absolute Gasteiger partial charge is 0.293 e.